The Morgan fingerprint density at radius 2 is 1.19 bits per heavy atom. The van der Waals surface area contributed by atoms with Crippen LogP contribution in [0.1, 0.15) is 20.7 Å². The summed E-state index contributed by atoms with van der Waals surface area (Å²) in [6.07, 6.45) is -2.57. The Hall–Kier alpha value is -3.50. The molecule has 170 valence electrons. The summed E-state index contributed by atoms with van der Waals surface area (Å²) in [4.78, 5) is 25.0. The van der Waals surface area contributed by atoms with Gasteiger partial charge >= 0.3 is 11.9 Å². The average molecular weight is 446 g/mol. The lowest BCUT2D eigenvalue weighted by Crippen LogP contribution is -2.36. The van der Waals surface area contributed by atoms with E-state index in [1.54, 1.807) is 0 Å². The van der Waals surface area contributed by atoms with E-state index in [9.17, 15) is 19.8 Å². The van der Waals surface area contributed by atoms with E-state index in [2.05, 4.69) is 0 Å². The molecule has 2 heterocycles. The van der Waals surface area contributed by atoms with Crippen LogP contribution < -0.4 is 9.47 Å². The quantitative estimate of drug-likeness (QED) is 0.632. The van der Waals surface area contributed by atoms with Crippen LogP contribution in [0.4, 0.5) is 0 Å². The van der Waals surface area contributed by atoms with Crippen molar-refractivity contribution in [2.45, 2.75) is 24.4 Å². The maximum absolute atomic E-state index is 12.5. The summed E-state index contributed by atoms with van der Waals surface area (Å²) in [5.41, 5.74) is 0.399. The fourth-order valence-electron chi connectivity index (χ4n) is 3.65. The molecule has 4 rings (SSSR count). The van der Waals surface area contributed by atoms with Crippen LogP contribution >= 0.6 is 0 Å². The molecule has 0 aliphatic carbocycles. The fourth-order valence-corrected chi connectivity index (χ4v) is 3.65. The fraction of sp³-hybridized carbons (Fsp3) is 0.364. The third-order valence-corrected chi connectivity index (χ3v) is 5.31. The number of hydrogen-bond donors (Lipinski definition) is 2. The van der Waals surface area contributed by atoms with E-state index >= 15 is 0 Å². The molecule has 0 radical (unpaired) electrons. The summed E-state index contributed by atoms with van der Waals surface area (Å²) in [6, 6.07) is 8.25. The lowest BCUT2D eigenvalue weighted by atomic mass is 10.1. The molecule has 32 heavy (non-hydrogen) atoms. The Morgan fingerprint density at radius 3 is 1.56 bits per heavy atom. The van der Waals surface area contributed by atoms with Crippen molar-refractivity contribution >= 4 is 11.9 Å². The van der Waals surface area contributed by atoms with E-state index in [4.69, 9.17) is 28.4 Å². The van der Waals surface area contributed by atoms with E-state index in [-0.39, 0.29) is 47.3 Å². The molecular formula is C22H22O10. The molecule has 2 aromatic carbocycles. The molecule has 2 saturated heterocycles. The monoisotopic (exact) mass is 446 g/mol. The Morgan fingerprint density at radius 1 is 0.781 bits per heavy atom. The summed E-state index contributed by atoms with van der Waals surface area (Å²) in [7, 11) is 2.75. The van der Waals surface area contributed by atoms with Gasteiger partial charge in [0, 0.05) is 0 Å². The lowest BCUT2D eigenvalue weighted by molar-refractivity contribution is -0.0287. The summed E-state index contributed by atoms with van der Waals surface area (Å²) in [5, 5.41) is 19.3. The second-order valence-electron chi connectivity index (χ2n) is 7.26. The Balaban J connectivity index is 1.38. The van der Waals surface area contributed by atoms with Crippen LogP contribution in [0.15, 0.2) is 36.4 Å². The maximum atomic E-state index is 12.5. The van der Waals surface area contributed by atoms with Gasteiger partial charge in [-0.3, -0.25) is 0 Å². The van der Waals surface area contributed by atoms with Gasteiger partial charge in [0.2, 0.25) is 0 Å². The van der Waals surface area contributed by atoms with Gasteiger partial charge in [0.05, 0.1) is 38.6 Å². The van der Waals surface area contributed by atoms with E-state index in [0.29, 0.717) is 0 Å². The van der Waals surface area contributed by atoms with Crippen LogP contribution in [0.5, 0.6) is 23.0 Å². The maximum Gasteiger partial charge on any atom is 0.338 e. The molecule has 0 amide bonds. The molecule has 3 unspecified atom stereocenters. The number of rotatable bonds is 6. The van der Waals surface area contributed by atoms with Crippen LogP contribution in [0.2, 0.25) is 0 Å². The van der Waals surface area contributed by atoms with Gasteiger partial charge in [0.15, 0.2) is 35.2 Å². The van der Waals surface area contributed by atoms with Crippen LogP contribution in [-0.2, 0) is 18.9 Å². The summed E-state index contributed by atoms with van der Waals surface area (Å²) < 4.78 is 32.4. The van der Waals surface area contributed by atoms with E-state index in [1.165, 1.54) is 50.6 Å². The van der Waals surface area contributed by atoms with E-state index in [0.717, 1.165) is 0 Å². The van der Waals surface area contributed by atoms with Crippen molar-refractivity contribution in [3.05, 3.63) is 47.5 Å². The number of ether oxygens (including phenoxy) is 6. The van der Waals surface area contributed by atoms with Gasteiger partial charge < -0.3 is 38.6 Å². The SMILES string of the molecule is COc1cc(C(=O)OC2COC3C2OC[C@H]3OC(=O)c2ccc(O)c(OC)c2)ccc1O. The zero-order valence-corrected chi connectivity index (χ0v) is 17.3. The lowest BCUT2D eigenvalue weighted by Gasteiger charge is -2.17. The largest absolute Gasteiger partial charge is 0.504 e. The molecule has 4 atom stereocenters. The van der Waals surface area contributed by atoms with Crippen LogP contribution in [0.3, 0.4) is 0 Å². The molecule has 0 aromatic heterocycles. The minimum Gasteiger partial charge on any atom is -0.504 e. The minimum absolute atomic E-state index is 0.0807. The van der Waals surface area contributed by atoms with Gasteiger partial charge in [-0.15, -0.1) is 0 Å². The molecular weight excluding hydrogens is 424 g/mol. The second-order valence-corrected chi connectivity index (χ2v) is 7.26. The molecule has 2 aliphatic heterocycles. The number of carbonyl (C=O) groups excluding carboxylic acids is 2. The molecule has 2 aromatic rings. The third-order valence-electron chi connectivity index (χ3n) is 5.31. The number of hydrogen-bond acceptors (Lipinski definition) is 10. The Bertz CT molecular complexity index is 938. The number of phenolic OH excluding ortho intramolecular Hbond substituents is 2. The zero-order valence-electron chi connectivity index (χ0n) is 17.3. The predicted octanol–water partition coefficient (Wildman–Crippen LogP) is 1.66. The molecule has 10 nitrogen and oxygen atoms in total. The van der Waals surface area contributed by atoms with Crippen molar-refractivity contribution in [1.29, 1.82) is 0 Å². The molecule has 0 bridgehead atoms. The smallest absolute Gasteiger partial charge is 0.338 e. The Labute approximate surface area is 183 Å². The van der Waals surface area contributed by atoms with Crippen molar-refractivity contribution in [3.8, 4) is 23.0 Å². The number of aromatic hydroxyl groups is 2. The number of carbonyl (C=O) groups is 2. The number of benzene rings is 2. The highest BCUT2D eigenvalue weighted by Crippen LogP contribution is 2.33. The van der Waals surface area contributed by atoms with Crippen LogP contribution in [0, 0.1) is 0 Å². The predicted molar refractivity (Wildman–Crippen MR) is 107 cm³/mol. The zero-order chi connectivity index (χ0) is 22.8. The van der Waals surface area contributed by atoms with E-state index in [1.807, 2.05) is 0 Å². The average Bonchev–Trinajstić information content (AvgIpc) is 3.37. The Kier molecular flexibility index (Phi) is 6.06. The highest BCUT2D eigenvalue weighted by Gasteiger charge is 2.51. The number of esters is 2. The first-order chi connectivity index (χ1) is 15.4. The van der Waals surface area contributed by atoms with Crippen molar-refractivity contribution < 1.29 is 48.2 Å². The van der Waals surface area contributed by atoms with Crippen molar-refractivity contribution in [1.82, 2.24) is 0 Å². The standard InChI is InChI=1S/C22H22O10/c1-27-15-7-11(3-5-13(15)23)21(25)31-17-9-29-20-18(10-30-19(17)20)32-22(26)12-4-6-14(24)16(8-12)28-2/h3-8,17-20,23-24H,9-10H2,1-2H3/t17-,18?,19?,20?/m1/s1. The molecule has 10 heteroatoms. The van der Waals surface area contributed by atoms with Crippen LogP contribution in [-0.4, -0.2) is 74.0 Å². The first kappa shape index (κ1) is 21.7. The molecule has 0 spiro atoms. The van der Waals surface area contributed by atoms with Crippen LogP contribution in [0.25, 0.3) is 0 Å². The highest BCUT2D eigenvalue weighted by atomic mass is 16.7. The minimum atomic E-state index is -0.690. The van der Waals surface area contributed by atoms with Gasteiger partial charge in [-0.05, 0) is 36.4 Å². The second kappa shape index (κ2) is 8.93. The first-order valence-electron chi connectivity index (χ1n) is 9.80. The third kappa shape index (κ3) is 4.14. The normalized spacial score (nSPS) is 23.9. The number of methoxy groups -OCH3 is 2. The highest BCUT2D eigenvalue weighted by molar-refractivity contribution is 5.91. The van der Waals surface area contributed by atoms with Gasteiger partial charge in [0.1, 0.15) is 12.2 Å². The summed E-state index contributed by atoms with van der Waals surface area (Å²) in [6.45, 7) is 0.161. The molecule has 0 saturated carbocycles. The molecule has 2 aliphatic rings. The first-order valence-corrected chi connectivity index (χ1v) is 9.80. The van der Waals surface area contributed by atoms with Gasteiger partial charge in [-0.1, -0.05) is 0 Å². The van der Waals surface area contributed by atoms with Gasteiger partial charge in [-0.2, -0.15) is 0 Å². The van der Waals surface area contributed by atoms with Gasteiger partial charge in [-0.25, -0.2) is 9.59 Å². The number of fused-ring (bicyclic) bond motifs is 1. The number of phenols is 2. The molecule has 2 N–H and O–H groups in total. The summed E-state index contributed by atoms with van der Waals surface area (Å²) >= 11 is 0. The van der Waals surface area contributed by atoms with Crippen molar-refractivity contribution in [2.75, 3.05) is 27.4 Å². The van der Waals surface area contributed by atoms with Crippen molar-refractivity contribution in [3.63, 3.8) is 0 Å². The summed E-state index contributed by atoms with van der Waals surface area (Å²) in [5.74, 6) is -1.15. The molecule has 2 fully saturated rings. The topological polar surface area (TPSA) is 130 Å². The van der Waals surface area contributed by atoms with Crippen molar-refractivity contribution in [2.24, 2.45) is 0 Å². The van der Waals surface area contributed by atoms with E-state index < -0.39 is 36.4 Å². The van der Waals surface area contributed by atoms with Gasteiger partial charge in [0.25, 0.3) is 0 Å².